The Hall–Kier alpha value is -2.80. The van der Waals surface area contributed by atoms with Gasteiger partial charge in [-0.25, -0.2) is 4.98 Å². The number of ketones is 1. The first-order chi connectivity index (χ1) is 14.5. The van der Waals surface area contributed by atoms with Gasteiger partial charge in [-0.2, -0.15) is 0 Å². The highest BCUT2D eigenvalue weighted by molar-refractivity contribution is 7.99. The van der Waals surface area contributed by atoms with Crippen LogP contribution >= 0.6 is 11.8 Å². The van der Waals surface area contributed by atoms with E-state index < -0.39 is 0 Å². The van der Waals surface area contributed by atoms with Crippen LogP contribution in [-0.4, -0.2) is 52.5 Å². The molecule has 4 rings (SSSR count). The Balaban J connectivity index is 1.31. The highest BCUT2D eigenvalue weighted by Crippen LogP contribution is 2.27. The maximum absolute atomic E-state index is 12.9. The first kappa shape index (κ1) is 20.5. The smallest absolute Gasteiger partial charge is 0.233 e. The molecule has 1 amide bonds. The fourth-order valence-corrected chi connectivity index (χ4v) is 4.64. The summed E-state index contributed by atoms with van der Waals surface area (Å²) in [5.74, 6) is 1.06. The maximum Gasteiger partial charge on any atom is 0.233 e. The third-order valence-corrected chi connectivity index (χ3v) is 6.40. The number of aryl methyl sites for hydroxylation is 1. The first-order valence-electron chi connectivity index (χ1n) is 10.1. The van der Waals surface area contributed by atoms with Crippen LogP contribution in [0.15, 0.2) is 47.6 Å². The van der Waals surface area contributed by atoms with Crippen molar-refractivity contribution in [3.8, 4) is 5.75 Å². The summed E-state index contributed by atoms with van der Waals surface area (Å²) in [5, 5.41) is 0.755. The lowest BCUT2D eigenvalue weighted by atomic mass is 9.88. The number of hydrogen-bond donors (Lipinski definition) is 1. The molecule has 2 heterocycles. The second-order valence-electron chi connectivity index (χ2n) is 7.57. The van der Waals surface area contributed by atoms with Crippen LogP contribution in [0.2, 0.25) is 0 Å². The molecule has 0 atom stereocenters. The molecule has 1 saturated heterocycles. The molecule has 1 aromatic heterocycles. The molecule has 0 aliphatic carbocycles. The summed E-state index contributed by atoms with van der Waals surface area (Å²) >= 11 is 1.42. The van der Waals surface area contributed by atoms with Gasteiger partial charge in [-0.1, -0.05) is 30.0 Å². The molecular weight excluding hydrogens is 398 g/mol. The molecule has 7 heteroatoms. The Bertz CT molecular complexity index is 1070. The predicted octanol–water partition coefficient (Wildman–Crippen LogP) is 4.09. The SMILES string of the molecule is COc1ccccc1C(=O)C1CCN(C(=O)CSc2nc3ccc(C)cc3[nH]2)CC1. The summed E-state index contributed by atoms with van der Waals surface area (Å²) in [6, 6.07) is 13.4. The molecular formula is C23H25N3O3S. The normalized spacial score (nSPS) is 14.8. The number of benzene rings is 2. The zero-order chi connectivity index (χ0) is 21.1. The van der Waals surface area contributed by atoms with E-state index in [9.17, 15) is 9.59 Å². The molecule has 0 unspecified atom stereocenters. The van der Waals surface area contributed by atoms with E-state index in [0.29, 0.717) is 43.0 Å². The number of piperidine rings is 1. The van der Waals surface area contributed by atoms with Gasteiger partial charge in [0.25, 0.3) is 0 Å². The van der Waals surface area contributed by atoms with E-state index in [0.717, 1.165) is 16.2 Å². The molecule has 0 radical (unpaired) electrons. The number of nitrogens with one attached hydrogen (secondary N) is 1. The number of para-hydroxylation sites is 1. The van der Waals surface area contributed by atoms with Crippen molar-refractivity contribution < 1.29 is 14.3 Å². The predicted molar refractivity (Wildman–Crippen MR) is 118 cm³/mol. The monoisotopic (exact) mass is 423 g/mol. The van der Waals surface area contributed by atoms with Crippen molar-refractivity contribution in [3.63, 3.8) is 0 Å². The minimum Gasteiger partial charge on any atom is -0.496 e. The zero-order valence-electron chi connectivity index (χ0n) is 17.2. The van der Waals surface area contributed by atoms with Gasteiger partial charge in [0.1, 0.15) is 5.75 Å². The highest BCUT2D eigenvalue weighted by Gasteiger charge is 2.29. The van der Waals surface area contributed by atoms with Gasteiger partial charge in [0.05, 0.1) is 29.5 Å². The number of thioether (sulfide) groups is 1. The summed E-state index contributed by atoms with van der Waals surface area (Å²) in [5.41, 5.74) is 3.69. The quantitative estimate of drug-likeness (QED) is 0.477. The van der Waals surface area contributed by atoms with E-state index in [-0.39, 0.29) is 17.6 Å². The summed E-state index contributed by atoms with van der Waals surface area (Å²) < 4.78 is 5.32. The van der Waals surface area contributed by atoms with Gasteiger partial charge < -0.3 is 14.6 Å². The number of amides is 1. The number of ether oxygens (including phenoxy) is 1. The Morgan fingerprint density at radius 2 is 1.97 bits per heavy atom. The molecule has 1 N–H and O–H groups in total. The second kappa shape index (κ2) is 8.92. The average Bonchev–Trinajstić information content (AvgIpc) is 3.19. The fraction of sp³-hybridized carbons (Fsp3) is 0.348. The van der Waals surface area contributed by atoms with Gasteiger partial charge in [-0.05, 0) is 49.6 Å². The van der Waals surface area contributed by atoms with Crippen LogP contribution in [0.4, 0.5) is 0 Å². The number of hydrogen-bond acceptors (Lipinski definition) is 5. The molecule has 1 fully saturated rings. The van der Waals surface area contributed by atoms with Crippen LogP contribution in [0.3, 0.4) is 0 Å². The minimum absolute atomic E-state index is 0.0726. The van der Waals surface area contributed by atoms with Crippen LogP contribution in [0.5, 0.6) is 5.75 Å². The number of H-pyrrole nitrogens is 1. The molecule has 0 spiro atoms. The molecule has 2 aromatic carbocycles. The number of likely N-dealkylation sites (tertiary alicyclic amines) is 1. The molecule has 0 saturated carbocycles. The minimum atomic E-state index is -0.0726. The summed E-state index contributed by atoms with van der Waals surface area (Å²) in [7, 11) is 1.58. The molecule has 156 valence electrons. The van der Waals surface area contributed by atoms with E-state index in [1.165, 1.54) is 17.3 Å². The van der Waals surface area contributed by atoms with E-state index >= 15 is 0 Å². The summed E-state index contributed by atoms with van der Waals surface area (Å²) in [6.07, 6.45) is 1.36. The number of carbonyl (C=O) groups is 2. The van der Waals surface area contributed by atoms with Crippen molar-refractivity contribution in [1.82, 2.24) is 14.9 Å². The third-order valence-electron chi connectivity index (χ3n) is 5.54. The Labute approximate surface area is 180 Å². The average molecular weight is 424 g/mol. The van der Waals surface area contributed by atoms with Crippen LogP contribution in [-0.2, 0) is 4.79 Å². The van der Waals surface area contributed by atoms with E-state index in [4.69, 9.17) is 4.74 Å². The van der Waals surface area contributed by atoms with Crippen molar-refractivity contribution in [3.05, 3.63) is 53.6 Å². The number of nitrogens with zero attached hydrogens (tertiary/aromatic N) is 2. The largest absolute Gasteiger partial charge is 0.496 e. The van der Waals surface area contributed by atoms with Crippen molar-refractivity contribution in [1.29, 1.82) is 0 Å². The molecule has 1 aliphatic rings. The maximum atomic E-state index is 12.9. The number of methoxy groups -OCH3 is 1. The number of carbonyl (C=O) groups excluding carboxylic acids is 2. The molecule has 3 aromatic rings. The number of fused-ring (bicyclic) bond motifs is 1. The first-order valence-corrected chi connectivity index (χ1v) is 11.1. The van der Waals surface area contributed by atoms with Crippen molar-refractivity contribution >= 4 is 34.5 Å². The standard InChI is InChI=1S/C23H25N3O3S/c1-15-7-8-18-19(13-15)25-23(24-18)30-14-21(27)26-11-9-16(10-12-26)22(28)17-5-3-4-6-20(17)29-2/h3-8,13,16H,9-12,14H2,1-2H3,(H,24,25). The fourth-order valence-electron chi connectivity index (χ4n) is 3.85. The lowest BCUT2D eigenvalue weighted by Gasteiger charge is -2.31. The van der Waals surface area contributed by atoms with Crippen LogP contribution in [0.25, 0.3) is 11.0 Å². The van der Waals surface area contributed by atoms with Crippen molar-refractivity contribution in [2.45, 2.75) is 24.9 Å². The van der Waals surface area contributed by atoms with Crippen molar-refractivity contribution in [2.24, 2.45) is 5.92 Å². The molecule has 1 aliphatic heterocycles. The molecule has 30 heavy (non-hydrogen) atoms. The molecule has 6 nitrogen and oxygen atoms in total. The highest BCUT2D eigenvalue weighted by atomic mass is 32.2. The van der Waals surface area contributed by atoms with Gasteiger partial charge in [0, 0.05) is 19.0 Å². The van der Waals surface area contributed by atoms with E-state index in [2.05, 4.69) is 16.0 Å². The lowest BCUT2D eigenvalue weighted by molar-refractivity contribution is -0.129. The van der Waals surface area contributed by atoms with Crippen LogP contribution in [0.1, 0.15) is 28.8 Å². The zero-order valence-corrected chi connectivity index (χ0v) is 18.0. The third kappa shape index (κ3) is 4.36. The number of Topliss-reactive ketones (excluding diaryl/α,β-unsaturated/α-hetero) is 1. The Kier molecular flexibility index (Phi) is 6.08. The summed E-state index contributed by atoms with van der Waals surface area (Å²) in [6.45, 7) is 3.24. The Morgan fingerprint density at radius 3 is 2.73 bits per heavy atom. The topological polar surface area (TPSA) is 75.3 Å². The second-order valence-corrected chi connectivity index (χ2v) is 8.53. The van der Waals surface area contributed by atoms with Gasteiger partial charge in [-0.15, -0.1) is 0 Å². The number of aromatic nitrogens is 2. The van der Waals surface area contributed by atoms with Gasteiger partial charge in [0.15, 0.2) is 10.9 Å². The van der Waals surface area contributed by atoms with Gasteiger partial charge in [-0.3, -0.25) is 9.59 Å². The summed E-state index contributed by atoms with van der Waals surface area (Å²) in [4.78, 5) is 35.2. The number of aromatic amines is 1. The lowest BCUT2D eigenvalue weighted by Crippen LogP contribution is -2.41. The van der Waals surface area contributed by atoms with Gasteiger partial charge in [0.2, 0.25) is 5.91 Å². The number of imidazole rings is 1. The Morgan fingerprint density at radius 1 is 1.20 bits per heavy atom. The van der Waals surface area contributed by atoms with Gasteiger partial charge >= 0.3 is 0 Å². The van der Waals surface area contributed by atoms with Crippen LogP contribution in [0, 0.1) is 12.8 Å². The van der Waals surface area contributed by atoms with E-state index in [1.807, 2.05) is 48.2 Å². The number of rotatable bonds is 6. The molecule has 0 bridgehead atoms. The van der Waals surface area contributed by atoms with Crippen LogP contribution < -0.4 is 4.74 Å². The van der Waals surface area contributed by atoms with Crippen molar-refractivity contribution in [2.75, 3.05) is 26.0 Å². The van der Waals surface area contributed by atoms with E-state index in [1.54, 1.807) is 7.11 Å².